The molecule has 2 aliphatic heterocycles. The number of fused-ring (bicyclic) bond motifs is 1. The van der Waals surface area contributed by atoms with Crippen LogP contribution in [0.15, 0.2) is 79.0 Å². The molecule has 0 spiro atoms. The first-order chi connectivity index (χ1) is 21.5. The Balaban J connectivity index is 1.16. The van der Waals surface area contributed by atoms with Gasteiger partial charge in [0.1, 0.15) is 5.69 Å². The highest BCUT2D eigenvalue weighted by Crippen LogP contribution is 2.42. The molecule has 2 fully saturated rings. The molecule has 2 saturated heterocycles. The van der Waals surface area contributed by atoms with Crippen LogP contribution in [0.25, 0.3) is 11.0 Å². The highest BCUT2D eigenvalue weighted by Gasteiger charge is 2.40. The Kier molecular flexibility index (Phi) is 9.59. The molecular formula is C35H40N4O5. The molecule has 2 aliphatic rings. The van der Waals surface area contributed by atoms with E-state index in [0.29, 0.717) is 18.1 Å². The number of carbonyl (C=O) groups is 1. The number of hydrogen-bond acceptors (Lipinski definition) is 8. The summed E-state index contributed by atoms with van der Waals surface area (Å²) in [7, 11) is 1.76. The standard InChI is InChI=1S/C35H40N4O5/c1-23-32(20-39-17-5-6-28(39)22-42-2)43-35(44-33(23)26-13-11-25(21-40)12-14-26)27-15-9-24(10-16-27)18-37-34(41)31-19-36-29-7-3-4-8-30(29)38-31/h3-4,7-16,19,23,28,32-33,35,40H,5-6,17-18,20-22H2,1-2H3,(H,37,41). The molecular weight excluding hydrogens is 556 g/mol. The average Bonchev–Trinajstić information content (AvgIpc) is 3.51. The molecule has 0 saturated carbocycles. The van der Waals surface area contributed by atoms with Gasteiger partial charge in [-0.2, -0.15) is 0 Å². The lowest BCUT2D eigenvalue weighted by atomic mass is 9.90. The number of benzene rings is 3. The fourth-order valence-corrected chi connectivity index (χ4v) is 6.21. The van der Waals surface area contributed by atoms with Gasteiger partial charge >= 0.3 is 0 Å². The van der Waals surface area contributed by atoms with Crippen LogP contribution in [0.4, 0.5) is 0 Å². The van der Waals surface area contributed by atoms with E-state index in [9.17, 15) is 9.90 Å². The van der Waals surface area contributed by atoms with Crippen LogP contribution in [-0.4, -0.2) is 64.8 Å². The lowest BCUT2D eigenvalue weighted by molar-refractivity contribution is -0.276. The van der Waals surface area contributed by atoms with Gasteiger partial charge in [0.2, 0.25) is 0 Å². The molecule has 3 aromatic carbocycles. The van der Waals surface area contributed by atoms with E-state index >= 15 is 0 Å². The third-order valence-corrected chi connectivity index (χ3v) is 8.78. The third kappa shape index (κ3) is 6.82. The van der Waals surface area contributed by atoms with E-state index in [1.807, 2.05) is 72.8 Å². The Labute approximate surface area is 258 Å². The lowest BCUT2D eigenvalue weighted by Gasteiger charge is -2.43. The quantitative estimate of drug-likeness (QED) is 0.265. The first-order valence-corrected chi connectivity index (χ1v) is 15.3. The van der Waals surface area contributed by atoms with E-state index in [1.54, 1.807) is 7.11 Å². The predicted molar refractivity (Wildman–Crippen MR) is 167 cm³/mol. The van der Waals surface area contributed by atoms with Crippen LogP contribution in [0.1, 0.15) is 64.9 Å². The normalized spacial score (nSPS) is 24.0. The number of aliphatic hydroxyl groups is 1. The van der Waals surface area contributed by atoms with Crippen molar-refractivity contribution in [1.29, 1.82) is 0 Å². The number of rotatable bonds is 10. The van der Waals surface area contributed by atoms with E-state index in [2.05, 4.69) is 27.1 Å². The number of methoxy groups -OCH3 is 1. The Bertz CT molecular complexity index is 1550. The minimum absolute atomic E-state index is 0.00796. The number of carbonyl (C=O) groups excluding carboxylic acids is 1. The molecule has 230 valence electrons. The van der Waals surface area contributed by atoms with Crippen molar-refractivity contribution in [2.75, 3.05) is 26.8 Å². The van der Waals surface area contributed by atoms with Crippen LogP contribution in [0, 0.1) is 5.92 Å². The van der Waals surface area contributed by atoms with Gasteiger partial charge in [0, 0.05) is 37.7 Å². The maximum Gasteiger partial charge on any atom is 0.271 e. The number of nitrogens with one attached hydrogen (secondary N) is 1. The van der Waals surface area contributed by atoms with E-state index in [1.165, 1.54) is 6.20 Å². The Morgan fingerprint density at radius 1 is 1.00 bits per heavy atom. The zero-order chi connectivity index (χ0) is 30.5. The van der Waals surface area contributed by atoms with Gasteiger partial charge in [0.25, 0.3) is 5.91 Å². The SMILES string of the molecule is COCC1CCCN1CC1OC(c2ccc(CNC(=O)c3cnc4ccccc4n3)cc2)OC(c2ccc(CO)cc2)C1C. The van der Waals surface area contributed by atoms with Crippen molar-refractivity contribution in [3.8, 4) is 0 Å². The number of likely N-dealkylation sites (tertiary alicyclic amines) is 1. The molecule has 0 aliphatic carbocycles. The van der Waals surface area contributed by atoms with Crippen molar-refractivity contribution in [3.63, 3.8) is 0 Å². The number of ether oxygens (including phenoxy) is 3. The molecule has 2 N–H and O–H groups in total. The van der Waals surface area contributed by atoms with Crippen molar-refractivity contribution in [3.05, 3.63) is 107 Å². The number of amides is 1. The van der Waals surface area contributed by atoms with Crippen LogP contribution in [-0.2, 0) is 27.4 Å². The molecule has 1 amide bonds. The summed E-state index contributed by atoms with van der Waals surface area (Å²) in [6, 6.07) is 23.9. The summed E-state index contributed by atoms with van der Waals surface area (Å²) in [4.78, 5) is 24.1. The first-order valence-electron chi connectivity index (χ1n) is 15.3. The van der Waals surface area contributed by atoms with Crippen LogP contribution < -0.4 is 5.32 Å². The summed E-state index contributed by atoms with van der Waals surface area (Å²) in [5.74, 6) is -0.158. The van der Waals surface area contributed by atoms with E-state index < -0.39 is 6.29 Å². The van der Waals surface area contributed by atoms with E-state index in [-0.39, 0.29) is 36.3 Å². The summed E-state index contributed by atoms with van der Waals surface area (Å²) in [5, 5.41) is 12.5. The zero-order valence-electron chi connectivity index (χ0n) is 25.3. The Morgan fingerprint density at radius 3 is 2.48 bits per heavy atom. The maximum absolute atomic E-state index is 12.8. The van der Waals surface area contributed by atoms with Gasteiger partial charge in [0.05, 0.1) is 42.7 Å². The fourth-order valence-electron chi connectivity index (χ4n) is 6.21. The molecule has 0 bridgehead atoms. The van der Waals surface area contributed by atoms with Gasteiger partial charge in [-0.15, -0.1) is 0 Å². The van der Waals surface area contributed by atoms with Crippen molar-refractivity contribution in [2.24, 2.45) is 5.92 Å². The lowest BCUT2D eigenvalue weighted by Crippen LogP contribution is -2.46. The Hall–Kier alpha value is -3.73. The highest BCUT2D eigenvalue weighted by molar-refractivity contribution is 5.93. The summed E-state index contributed by atoms with van der Waals surface area (Å²) in [5.41, 5.74) is 5.54. The summed E-state index contributed by atoms with van der Waals surface area (Å²) < 4.78 is 18.8. The van der Waals surface area contributed by atoms with Crippen molar-refractivity contribution in [1.82, 2.24) is 20.2 Å². The number of hydrogen-bond donors (Lipinski definition) is 2. The smallest absolute Gasteiger partial charge is 0.271 e. The fraction of sp³-hybridized carbons (Fsp3) is 0.400. The molecule has 0 radical (unpaired) electrons. The van der Waals surface area contributed by atoms with Crippen molar-refractivity contribution >= 4 is 16.9 Å². The number of para-hydroxylation sites is 2. The van der Waals surface area contributed by atoms with Gasteiger partial charge < -0.3 is 24.6 Å². The maximum atomic E-state index is 12.8. The van der Waals surface area contributed by atoms with Crippen molar-refractivity contribution < 1.29 is 24.1 Å². The van der Waals surface area contributed by atoms with Gasteiger partial charge in [-0.05, 0) is 48.2 Å². The molecule has 9 heteroatoms. The first kappa shape index (κ1) is 30.3. The summed E-state index contributed by atoms with van der Waals surface area (Å²) in [6.45, 7) is 5.12. The van der Waals surface area contributed by atoms with Gasteiger partial charge in [-0.25, -0.2) is 4.98 Å². The van der Waals surface area contributed by atoms with E-state index in [0.717, 1.165) is 60.3 Å². The van der Waals surface area contributed by atoms with Crippen molar-refractivity contribution in [2.45, 2.75) is 57.5 Å². The molecule has 5 unspecified atom stereocenters. The second-order valence-electron chi connectivity index (χ2n) is 11.7. The van der Waals surface area contributed by atoms with Crippen LogP contribution >= 0.6 is 0 Å². The van der Waals surface area contributed by atoms with Crippen LogP contribution in [0.2, 0.25) is 0 Å². The molecule has 44 heavy (non-hydrogen) atoms. The molecule has 4 aromatic rings. The molecule has 5 atom stereocenters. The molecule has 6 rings (SSSR count). The van der Waals surface area contributed by atoms with Gasteiger partial charge in [-0.1, -0.05) is 67.6 Å². The van der Waals surface area contributed by atoms with E-state index in [4.69, 9.17) is 14.2 Å². The van der Waals surface area contributed by atoms with Gasteiger partial charge in [0.15, 0.2) is 6.29 Å². The average molecular weight is 597 g/mol. The number of aliphatic hydroxyl groups excluding tert-OH is 1. The highest BCUT2D eigenvalue weighted by atomic mass is 16.7. The van der Waals surface area contributed by atoms with Crippen LogP contribution in [0.5, 0.6) is 0 Å². The van der Waals surface area contributed by atoms with Crippen LogP contribution in [0.3, 0.4) is 0 Å². The van der Waals surface area contributed by atoms with Gasteiger partial charge in [-0.3, -0.25) is 14.7 Å². The minimum atomic E-state index is -0.543. The summed E-state index contributed by atoms with van der Waals surface area (Å²) in [6.07, 6.45) is 3.04. The molecule has 1 aromatic heterocycles. The summed E-state index contributed by atoms with van der Waals surface area (Å²) >= 11 is 0. The molecule has 9 nitrogen and oxygen atoms in total. The molecule has 3 heterocycles. The second kappa shape index (κ2) is 13.9. The number of nitrogens with zero attached hydrogens (tertiary/aromatic N) is 3. The second-order valence-corrected chi connectivity index (χ2v) is 11.7. The predicted octanol–water partition coefficient (Wildman–Crippen LogP) is 4.95. The largest absolute Gasteiger partial charge is 0.392 e. The topological polar surface area (TPSA) is 106 Å². The zero-order valence-corrected chi connectivity index (χ0v) is 25.3. The third-order valence-electron chi connectivity index (χ3n) is 8.78. The Morgan fingerprint density at radius 2 is 1.73 bits per heavy atom. The monoisotopic (exact) mass is 596 g/mol. The number of aromatic nitrogens is 2. The minimum Gasteiger partial charge on any atom is -0.392 e.